The summed E-state index contributed by atoms with van der Waals surface area (Å²) in [5.41, 5.74) is 1.35. The number of hydrogen-bond acceptors (Lipinski definition) is 2. The van der Waals surface area contributed by atoms with Crippen LogP contribution in [-0.4, -0.2) is 11.0 Å². The Morgan fingerprint density at radius 2 is 2.00 bits per heavy atom. The summed E-state index contributed by atoms with van der Waals surface area (Å²) in [6.45, 7) is 1.72. The van der Waals surface area contributed by atoms with Gasteiger partial charge in [0, 0.05) is 11.3 Å². The Bertz CT molecular complexity index is 643. The Labute approximate surface area is 114 Å². The molecule has 2 aromatic rings. The van der Waals surface area contributed by atoms with Crippen molar-refractivity contribution in [2.75, 3.05) is 5.32 Å². The van der Waals surface area contributed by atoms with Gasteiger partial charge in [-0.2, -0.15) is 0 Å². The van der Waals surface area contributed by atoms with Crippen LogP contribution in [0.25, 0.3) is 0 Å². The van der Waals surface area contributed by atoms with Gasteiger partial charge in [-0.3, -0.25) is 4.79 Å². The monoisotopic (exact) mass is 279 g/mol. The molecule has 0 radical (unpaired) electrons. The van der Waals surface area contributed by atoms with Crippen LogP contribution in [-0.2, 0) is 0 Å². The number of phenols is 1. The molecule has 2 rings (SSSR count). The highest BCUT2D eigenvalue weighted by atomic mass is 35.5. The normalized spacial score (nSPS) is 10.3. The van der Waals surface area contributed by atoms with Crippen LogP contribution in [0.2, 0.25) is 5.02 Å². The highest BCUT2D eigenvalue weighted by molar-refractivity contribution is 6.32. The first-order valence-electron chi connectivity index (χ1n) is 5.53. The predicted molar refractivity (Wildman–Crippen MR) is 72.2 cm³/mol. The fourth-order valence-corrected chi connectivity index (χ4v) is 1.80. The molecule has 19 heavy (non-hydrogen) atoms. The van der Waals surface area contributed by atoms with Crippen LogP contribution in [0.1, 0.15) is 15.9 Å². The Morgan fingerprint density at radius 1 is 1.26 bits per heavy atom. The third-order valence-electron chi connectivity index (χ3n) is 2.65. The zero-order valence-electron chi connectivity index (χ0n) is 10.1. The number of rotatable bonds is 2. The molecule has 0 saturated heterocycles. The molecule has 0 unspecified atom stereocenters. The first kappa shape index (κ1) is 13.4. The second kappa shape index (κ2) is 5.28. The first-order valence-corrected chi connectivity index (χ1v) is 5.91. The molecule has 0 fully saturated rings. The number of halogens is 2. The Morgan fingerprint density at radius 3 is 2.68 bits per heavy atom. The van der Waals surface area contributed by atoms with Crippen LogP contribution < -0.4 is 5.32 Å². The summed E-state index contributed by atoms with van der Waals surface area (Å²) in [5, 5.41) is 12.0. The average Bonchev–Trinajstić information content (AvgIpc) is 2.36. The van der Waals surface area contributed by atoms with E-state index >= 15 is 0 Å². The lowest BCUT2D eigenvalue weighted by Crippen LogP contribution is -2.13. The number of aryl methyl sites for hydroxylation is 1. The van der Waals surface area contributed by atoms with Crippen molar-refractivity contribution in [2.45, 2.75) is 6.92 Å². The van der Waals surface area contributed by atoms with Gasteiger partial charge >= 0.3 is 0 Å². The fraction of sp³-hybridized carbons (Fsp3) is 0.0714. The molecule has 0 saturated carbocycles. The molecule has 0 spiro atoms. The van der Waals surface area contributed by atoms with E-state index in [0.717, 1.165) is 0 Å². The van der Waals surface area contributed by atoms with Gasteiger partial charge in [-0.1, -0.05) is 17.7 Å². The number of hydrogen-bond donors (Lipinski definition) is 2. The van der Waals surface area contributed by atoms with Crippen LogP contribution in [0, 0.1) is 12.7 Å². The maximum atomic E-state index is 13.1. The Balaban J connectivity index is 2.25. The smallest absolute Gasteiger partial charge is 0.256 e. The molecule has 0 bridgehead atoms. The molecule has 3 nitrogen and oxygen atoms in total. The summed E-state index contributed by atoms with van der Waals surface area (Å²) in [4.78, 5) is 12.0. The standard InChI is InChI=1S/C14H11ClFNO2/c1-8-2-3-9(16)6-11(8)14(19)17-10-4-5-13(18)12(15)7-10/h2-7,18H,1H3,(H,17,19). The van der Waals surface area contributed by atoms with E-state index in [0.29, 0.717) is 11.3 Å². The van der Waals surface area contributed by atoms with Gasteiger partial charge in [-0.25, -0.2) is 4.39 Å². The molecule has 2 N–H and O–H groups in total. The number of anilines is 1. The fourth-order valence-electron chi connectivity index (χ4n) is 1.62. The third-order valence-corrected chi connectivity index (χ3v) is 2.95. The van der Waals surface area contributed by atoms with Crippen molar-refractivity contribution in [1.82, 2.24) is 0 Å². The van der Waals surface area contributed by atoms with E-state index in [9.17, 15) is 14.3 Å². The van der Waals surface area contributed by atoms with E-state index in [1.54, 1.807) is 6.92 Å². The lowest BCUT2D eigenvalue weighted by molar-refractivity contribution is 0.102. The zero-order valence-corrected chi connectivity index (χ0v) is 10.8. The minimum Gasteiger partial charge on any atom is -0.506 e. The number of carbonyl (C=O) groups is 1. The quantitative estimate of drug-likeness (QED) is 0.823. The van der Waals surface area contributed by atoms with E-state index in [4.69, 9.17) is 11.6 Å². The summed E-state index contributed by atoms with van der Waals surface area (Å²) in [5.74, 6) is -0.972. The van der Waals surface area contributed by atoms with Crippen molar-refractivity contribution in [2.24, 2.45) is 0 Å². The number of benzene rings is 2. The largest absolute Gasteiger partial charge is 0.506 e. The van der Waals surface area contributed by atoms with Crippen molar-refractivity contribution < 1.29 is 14.3 Å². The van der Waals surface area contributed by atoms with E-state index < -0.39 is 11.7 Å². The van der Waals surface area contributed by atoms with E-state index in [1.165, 1.54) is 36.4 Å². The minimum atomic E-state index is -0.473. The molecular weight excluding hydrogens is 269 g/mol. The number of nitrogens with one attached hydrogen (secondary N) is 1. The highest BCUT2D eigenvalue weighted by Gasteiger charge is 2.11. The number of aromatic hydroxyl groups is 1. The van der Waals surface area contributed by atoms with E-state index in [2.05, 4.69) is 5.32 Å². The van der Waals surface area contributed by atoms with Gasteiger partial charge in [0.15, 0.2) is 0 Å². The van der Waals surface area contributed by atoms with Crippen LogP contribution in [0.3, 0.4) is 0 Å². The van der Waals surface area contributed by atoms with Crippen molar-refractivity contribution in [1.29, 1.82) is 0 Å². The van der Waals surface area contributed by atoms with Crippen LogP contribution in [0.5, 0.6) is 5.75 Å². The summed E-state index contributed by atoms with van der Waals surface area (Å²) in [6.07, 6.45) is 0. The van der Waals surface area contributed by atoms with Gasteiger partial charge in [-0.15, -0.1) is 0 Å². The third kappa shape index (κ3) is 3.03. The van der Waals surface area contributed by atoms with Gasteiger partial charge in [0.1, 0.15) is 11.6 Å². The number of carbonyl (C=O) groups excluding carboxylic acids is 1. The predicted octanol–water partition coefficient (Wildman–Crippen LogP) is 3.75. The summed E-state index contributed by atoms with van der Waals surface area (Å²) in [7, 11) is 0. The number of phenolic OH excluding ortho intramolecular Hbond substituents is 1. The topological polar surface area (TPSA) is 49.3 Å². The minimum absolute atomic E-state index is 0.0680. The van der Waals surface area contributed by atoms with Crippen LogP contribution >= 0.6 is 11.6 Å². The maximum Gasteiger partial charge on any atom is 0.256 e. The summed E-state index contributed by atoms with van der Waals surface area (Å²) in [6, 6.07) is 8.30. The SMILES string of the molecule is Cc1ccc(F)cc1C(=O)Nc1ccc(O)c(Cl)c1. The van der Waals surface area contributed by atoms with E-state index in [1.807, 2.05) is 0 Å². The van der Waals surface area contributed by atoms with E-state index in [-0.39, 0.29) is 16.3 Å². The Kier molecular flexibility index (Phi) is 3.71. The lowest BCUT2D eigenvalue weighted by Gasteiger charge is -2.08. The van der Waals surface area contributed by atoms with Gasteiger partial charge < -0.3 is 10.4 Å². The van der Waals surface area contributed by atoms with Gasteiger partial charge in [0.25, 0.3) is 5.91 Å². The molecule has 0 aliphatic carbocycles. The molecule has 0 atom stereocenters. The van der Waals surface area contributed by atoms with Gasteiger partial charge in [-0.05, 0) is 42.8 Å². The molecule has 0 aromatic heterocycles. The maximum absolute atomic E-state index is 13.1. The molecule has 0 aliphatic heterocycles. The van der Waals surface area contributed by atoms with Crippen molar-refractivity contribution >= 4 is 23.2 Å². The Hall–Kier alpha value is -2.07. The second-order valence-electron chi connectivity index (χ2n) is 4.08. The van der Waals surface area contributed by atoms with Crippen molar-refractivity contribution in [3.05, 3.63) is 58.4 Å². The van der Waals surface area contributed by atoms with Crippen molar-refractivity contribution in [3.63, 3.8) is 0 Å². The molecule has 0 aliphatic rings. The van der Waals surface area contributed by atoms with Crippen molar-refractivity contribution in [3.8, 4) is 5.75 Å². The van der Waals surface area contributed by atoms with Crippen LogP contribution in [0.4, 0.5) is 10.1 Å². The molecular formula is C14H11ClFNO2. The molecule has 1 amide bonds. The number of amides is 1. The molecule has 0 heterocycles. The van der Waals surface area contributed by atoms with Crippen LogP contribution in [0.15, 0.2) is 36.4 Å². The first-order chi connectivity index (χ1) is 8.97. The van der Waals surface area contributed by atoms with Gasteiger partial charge in [0.2, 0.25) is 0 Å². The van der Waals surface area contributed by atoms with Gasteiger partial charge in [0.05, 0.1) is 5.02 Å². The second-order valence-corrected chi connectivity index (χ2v) is 4.49. The molecule has 5 heteroatoms. The molecule has 2 aromatic carbocycles. The lowest BCUT2D eigenvalue weighted by atomic mass is 10.1. The highest BCUT2D eigenvalue weighted by Crippen LogP contribution is 2.26. The molecule has 98 valence electrons. The zero-order chi connectivity index (χ0) is 14.0. The summed E-state index contributed by atoms with van der Waals surface area (Å²) < 4.78 is 13.1. The summed E-state index contributed by atoms with van der Waals surface area (Å²) >= 11 is 5.74. The average molecular weight is 280 g/mol.